The molecule has 0 aliphatic heterocycles. The van der Waals surface area contributed by atoms with Crippen LogP contribution in [0.5, 0.6) is 0 Å². The minimum Gasteiger partial charge on any atom is -0.456 e. The second-order valence-electron chi connectivity index (χ2n) is 3.76. The number of hydrogen-bond donors (Lipinski definition) is 0. The summed E-state index contributed by atoms with van der Waals surface area (Å²) in [6.07, 6.45) is 0. The average Bonchev–Trinajstić information content (AvgIpc) is 2.82. The molecule has 0 saturated heterocycles. The molecule has 0 unspecified atom stereocenters. The Morgan fingerprint density at radius 3 is 2.53 bits per heavy atom. The van der Waals surface area contributed by atoms with Gasteiger partial charge in [0.15, 0.2) is 0 Å². The molecule has 0 amide bonds. The molecule has 0 bridgehead atoms. The predicted molar refractivity (Wildman–Crippen MR) is 67.1 cm³/mol. The fourth-order valence-electron chi connectivity index (χ4n) is 1.88. The van der Waals surface area contributed by atoms with Crippen LogP contribution >= 0.6 is 0 Å². The Kier molecular flexibility index (Phi) is 2.22. The van der Waals surface area contributed by atoms with Gasteiger partial charge in [0.05, 0.1) is 0 Å². The van der Waals surface area contributed by atoms with Gasteiger partial charge in [0.2, 0.25) is 0 Å². The number of rotatable bonds is 2. The Hall–Kier alpha value is -2.42. The third kappa shape index (κ3) is 1.61. The van der Waals surface area contributed by atoms with Gasteiger partial charge < -0.3 is 4.42 Å². The molecule has 0 N–H and O–H groups in total. The SMILES string of the molecule is O=Nc1ccccc1-c1cc2ccccc2o1. The quantitative estimate of drug-likeness (QED) is 0.600. The van der Waals surface area contributed by atoms with Gasteiger partial charge in [-0.25, -0.2) is 0 Å². The van der Waals surface area contributed by atoms with Crippen LogP contribution in [0, 0.1) is 4.91 Å². The molecule has 0 spiro atoms. The molecule has 3 nitrogen and oxygen atoms in total. The van der Waals surface area contributed by atoms with E-state index in [-0.39, 0.29) is 0 Å². The highest BCUT2D eigenvalue weighted by Crippen LogP contribution is 2.33. The molecule has 1 heterocycles. The Labute approximate surface area is 97.7 Å². The highest BCUT2D eigenvalue weighted by molar-refractivity contribution is 5.85. The van der Waals surface area contributed by atoms with Crippen LogP contribution in [0.2, 0.25) is 0 Å². The smallest absolute Gasteiger partial charge is 0.137 e. The molecule has 0 saturated carbocycles. The first-order valence-electron chi connectivity index (χ1n) is 5.30. The summed E-state index contributed by atoms with van der Waals surface area (Å²) in [5, 5.41) is 4.02. The van der Waals surface area contributed by atoms with Gasteiger partial charge >= 0.3 is 0 Å². The van der Waals surface area contributed by atoms with Crippen LogP contribution < -0.4 is 0 Å². The highest BCUT2D eigenvalue weighted by atomic mass is 16.3. The van der Waals surface area contributed by atoms with Crippen molar-refractivity contribution in [1.29, 1.82) is 0 Å². The molecule has 0 radical (unpaired) electrons. The van der Waals surface area contributed by atoms with Crippen molar-refractivity contribution in [2.75, 3.05) is 0 Å². The average molecular weight is 223 g/mol. The van der Waals surface area contributed by atoms with Crippen molar-refractivity contribution in [2.45, 2.75) is 0 Å². The molecule has 0 aliphatic carbocycles. The minimum absolute atomic E-state index is 0.395. The second kappa shape index (κ2) is 3.87. The number of nitroso groups, excluding NO2 is 1. The first kappa shape index (κ1) is 9.78. The van der Waals surface area contributed by atoms with E-state index in [2.05, 4.69) is 5.18 Å². The maximum Gasteiger partial charge on any atom is 0.137 e. The summed E-state index contributed by atoms with van der Waals surface area (Å²) in [6.45, 7) is 0. The number of benzene rings is 2. The van der Waals surface area contributed by atoms with E-state index in [0.29, 0.717) is 11.4 Å². The predicted octanol–water partition coefficient (Wildman–Crippen LogP) is 4.50. The van der Waals surface area contributed by atoms with E-state index in [1.165, 1.54) is 0 Å². The molecule has 3 heteroatoms. The molecule has 0 fully saturated rings. The number of hydrogen-bond acceptors (Lipinski definition) is 3. The summed E-state index contributed by atoms with van der Waals surface area (Å²) in [6, 6.07) is 16.8. The molecule has 3 aromatic rings. The van der Waals surface area contributed by atoms with Crippen molar-refractivity contribution in [1.82, 2.24) is 0 Å². The minimum atomic E-state index is 0.395. The van der Waals surface area contributed by atoms with Gasteiger partial charge in [0, 0.05) is 10.9 Å². The topological polar surface area (TPSA) is 42.6 Å². The molecular formula is C14H9NO2. The van der Waals surface area contributed by atoms with E-state index >= 15 is 0 Å². The number of nitrogens with zero attached hydrogens (tertiary/aromatic N) is 1. The van der Waals surface area contributed by atoms with Gasteiger partial charge in [-0.3, -0.25) is 0 Å². The maximum absolute atomic E-state index is 10.7. The number of fused-ring (bicyclic) bond motifs is 1. The molecule has 0 aliphatic rings. The van der Waals surface area contributed by atoms with Crippen LogP contribution in [-0.4, -0.2) is 0 Å². The summed E-state index contributed by atoms with van der Waals surface area (Å²) >= 11 is 0. The zero-order valence-corrected chi connectivity index (χ0v) is 8.96. The monoisotopic (exact) mass is 223 g/mol. The van der Waals surface area contributed by atoms with Crippen LogP contribution in [0.3, 0.4) is 0 Å². The summed E-state index contributed by atoms with van der Waals surface area (Å²) in [7, 11) is 0. The Morgan fingerprint density at radius 2 is 1.71 bits per heavy atom. The van der Waals surface area contributed by atoms with Crippen molar-refractivity contribution >= 4 is 16.7 Å². The number of para-hydroxylation sites is 1. The van der Waals surface area contributed by atoms with Crippen molar-refractivity contribution in [3.63, 3.8) is 0 Å². The maximum atomic E-state index is 10.7. The summed E-state index contributed by atoms with van der Waals surface area (Å²) in [5.41, 5.74) is 1.92. The van der Waals surface area contributed by atoms with Gasteiger partial charge in [-0.2, -0.15) is 0 Å². The Morgan fingerprint density at radius 1 is 0.941 bits per heavy atom. The Balaban J connectivity index is 2.23. The second-order valence-corrected chi connectivity index (χ2v) is 3.76. The van der Waals surface area contributed by atoms with Gasteiger partial charge in [-0.05, 0) is 29.4 Å². The van der Waals surface area contributed by atoms with Crippen LogP contribution in [0.15, 0.2) is 64.2 Å². The van der Waals surface area contributed by atoms with Gasteiger partial charge in [-0.1, -0.05) is 30.3 Å². The lowest BCUT2D eigenvalue weighted by Gasteiger charge is -1.97. The summed E-state index contributed by atoms with van der Waals surface area (Å²) < 4.78 is 5.70. The fraction of sp³-hybridized carbons (Fsp3) is 0. The van der Waals surface area contributed by atoms with E-state index < -0.39 is 0 Å². The first-order valence-corrected chi connectivity index (χ1v) is 5.30. The fourth-order valence-corrected chi connectivity index (χ4v) is 1.88. The standard InChI is InChI=1S/C14H9NO2/c16-15-12-7-3-2-6-11(12)14-9-10-5-1-4-8-13(10)17-14/h1-9H. The van der Waals surface area contributed by atoms with Gasteiger partial charge in [0.25, 0.3) is 0 Å². The molecule has 17 heavy (non-hydrogen) atoms. The molecule has 1 aromatic heterocycles. The van der Waals surface area contributed by atoms with E-state index in [0.717, 1.165) is 16.5 Å². The lowest BCUT2D eigenvalue weighted by molar-refractivity contribution is 0.632. The number of furan rings is 1. The van der Waals surface area contributed by atoms with E-state index in [9.17, 15) is 4.91 Å². The first-order chi connectivity index (χ1) is 8.38. The zero-order valence-electron chi connectivity index (χ0n) is 8.96. The van der Waals surface area contributed by atoms with Crippen LogP contribution in [0.25, 0.3) is 22.3 Å². The molecular weight excluding hydrogens is 214 g/mol. The van der Waals surface area contributed by atoms with Crippen LogP contribution in [0.4, 0.5) is 5.69 Å². The highest BCUT2D eigenvalue weighted by Gasteiger charge is 2.09. The summed E-state index contributed by atoms with van der Waals surface area (Å²) in [5.74, 6) is 0.668. The zero-order chi connectivity index (χ0) is 11.7. The molecule has 3 rings (SSSR count). The van der Waals surface area contributed by atoms with Gasteiger partial charge in [-0.15, -0.1) is 4.91 Å². The van der Waals surface area contributed by atoms with Crippen molar-refractivity contribution < 1.29 is 4.42 Å². The molecule has 2 aromatic carbocycles. The van der Waals surface area contributed by atoms with E-state index in [1.807, 2.05) is 42.5 Å². The lowest BCUT2D eigenvalue weighted by atomic mass is 10.1. The van der Waals surface area contributed by atoms with Crippen molar-refractivity contribution in [3.8, 4) is 11.3 Å². The summed E-state index contributed by atoms with van der Waals surface area (Å²) in [4.78, 5) is 10.7. The van der Waals surface area contributed by atoms with Crippen molar-refractivity contribution in [3.05, 3.63) is 59.5 Å². The van der Waals surface area contributed by atoms with Crippen molar-refractivity contribution in [2.24, 2.45) is 5.18 Å². The van der Waals surface area contributed by atoms with Crippen LogP contribution in [-0.2, 0) is 0 Å². The largest absolute Gasteiger partial charge is 0.456 e. The Bertz CT molecular complexity index is 652. The third-order valence-electron chi connectivity index (χ3n) is 2.69. The normalized spacial score (nSPS) is 10.6. The van der Waals surface area contributed by atoms with Crippen LogP contribution in [0.1, 0.15) is 0 Å². The molecule has 0 atom stereocenters. The van der Waals surface area contributed by atoms with E-state index in [4.69, 9.17) is 4.42 Å². The molecule has 82 valence electrons. The third-order valence-corrected chi connectivity index (χ3v) is 2.69. The van der Waals surface area contributed by atoms with E-state index in [1.54, 1.807) is 12.1 Å². The van der Waals surface area contributed by atoms with Gasteiger partial charge in [0.1, 0.15) is 17.0 Å². The lowest BCUT2D eigenvalue weighted by Crippen LogP contribution is -1.73.